The van der Waals surface area contributed by atoms with Crippen molar-refractivity contribution in [1.82, 2.24) is 4.98 Å². The van der Waals surface area contributed by atoms with Crippen molar-refractivity contribution in [2.75, 3.05) is 0 Å². The van der Waals surface area contributed by atoms with Gasteiger partial charge in [-0.25, -0.2) is 4.98 Å². The lowest BCUT2D eigenvalue weighted by atomic mass is 9.64. The van der Waals surface area contributed by atoms with E-state index in [1.165, 1.54) is 50.9 Å². The van der Waals surface area contributed by atoms with Crippen LogP contribution in [0.2, 0.25) is 0 Å². The van der Waals surface area contributed by atoms with Gasteiger partial charge >= 0.3 is 0 Å². The van der Waals surface area contributed by atoms with Crippen LogP contribution in [-0.2, 0) is 5.41 Å². The summed E-state index contributed by atoms with van der Waals surface area (Å²) in [5.41, 5.74) is 17.2. The summed E-state index contributed by atoms with van der Waals surface area (Å²) in [6, 6.07) is 53.5. The predicted molar refractivity (Wildman–Crippen MR) is 221 cm³/mol. The lowest BCUT2D eigenvalue weighted by Gasteiger charge is -2.37. The van der Waals surface area contributed by atoms with Crippen molar-refractivity contribution in [2.45, 2.75) is 24.2 Å². The molecule has 0 bridgehead atoms. The van der Waals surface area contributed by atoms with Crippen molar-refractivity contribution in [3.05, 3.63) is 210 Å². The summed E-state index contributed by atoms with van der Waals surface area (Å²) in [6.45, 7) is 3.77. The van der Waals surface area contributed by atoms with E-state index in [-0.39, 0.29) is 5.41 Å². The van der Waals surface area contributed by atoms with Crippen LogP contribution in [0.4, 0.5) is 0 Å². The SMILES string of the molecule is C=C/C=C\C(=N)c1cc(-c2ccccc2)c2cc(-c3cccc(-c4cccc5c4-c4ccccc4C54c5ccccc5C5CCC=CC54)c3)ccc2n1. The van der Waals surface area contributed by atoms with Crippen molar-refractivity contribution >= 4 is 16.6 Å². The Morgan fingerprint density at radius 2 is 1.38 bits per heavy atom. The first kappa shape index (κ1) is 31.4. The Bertz CT molecular complexity index is 2680. The molecule has 0 aliphatic heterocycles. The summed E-state index contributed by atoms with van der Waals surface area (Å²) in [5, 5.41) is 9.75. The molecular weight excluding hydrogens is 641 g/mol. The fraction of sp³-hybridized carbons (Fsp3) is 0.0980. The molecule has 0 amide bonds. The molecule has 2 heteroatoms. The van der Waals surface area contributed by atoms with E-state index in [1.54, 1.807) is 18.2 Å². The summed E-state index contributed by atoms with van der Waals surface area (Å²) in [5.74, 6) is 0.917. The van der Waals surface area contributed by atoms with E-state index in [9.17, 15) is 0 Å². The lowest BCUT2D eigenvalue weighted by Crippen LogP contribution is -2.33. The van der Waals surface area contributed by atoms with Crippen LogP contribution in [0.3, 0.4) is 0 Å². The molecule has 1 N–H and O–H groups in total. The van der Waals surface area contributed by atoms with E-state index in [0.717, 1.165) is 39.6 Å². The van der Waals surface area contributed by atoms with E-state index in [0.29, 0.717) is 23.2 Å². The Hall–Kier alpha value is -6.38. The third-order valence-electron chi connectivity index (χ3n) is 11.9. The average molecular weight is 679 g/mol. The summed E-state index contributed by atoms with van der Waals surface area (Å²) in [7, 11) is 0. The van der Waals surface area contributed by atoms with E-state index in [2.05, 4.69) is 152 Å². The molecule has 0 saturated heterocycles. The van der Waals surface area contributed by atoms with Gasteiger partial charge in [0.15, 0.2) is 0 Å². The van der Waals surface area contributed by atoms with Crippen LogP contribution in [0.25, 0.3) is 55.4 Å². The van der Waals surface area contributed by atoms with Gasteiger partial charge in [-0.05, 0) is 116 Å². The number of aromatic nitrogens is 1. The number of fused-ring (bicyclic) bond motifs is 11. The van der Waals surface area contributed by atoms with Crippen LogP contribution < -0.4 is 0 Å². The first-order chi connectivity index (χ1) is 26.2. The number of nitrogens with one attached hydrogen (secondary N) is 1. The molecule has 7 aromatic rings. The van der Waals surface area contributed by atoms with E-state index < -0.39 is 0 Å². The Kier molecular flexibility index (Phi) is 7.33. The van der Waals surface area contributed by atoms with Crippen molar-refractivity contribution in [2.24, 2.45) is 5.92 Å². The van der Waals surface area contributed by atoms with E-state index >= 15 is 0 Å². The molecule has 252 valence electrons. The standard InChI is InChI=1S/C51H38N2/c1-2-3-27-47(52)49-32-41(33-15-5-4-6-16-33)42-31-35(28-29-48(42)53-49)34-17-13-18-36(30-34)37-22-14-26-46-50(37)40-21-9-12-25-45(40)51(46)43-23-10-7-19-38(43)39-20-8-11-24-44(39)51/h2-7,9-19,21-32,39,44,52H,1,8,20H2/b27-3-,52-47?. The first-order valence-corrected chi connectivity index (χ1v) is 18.7. The van der Waals surface area contributed by atoms with Crippen LogP contribution in [0.15, 0.2) is 183 Å². The zero-order valence-electron chi connectivity index (χ0n) is 29.5. The highest BCUT2D eigenvalue weighted by Gasteiger charge is 2.57. The predicted octanol–water partition coefficient (Wildman–Crippen LogP) is 12.7. The van der Waals surface area contributed by atoms with Crippen molar-refractivity contribution in [3.8, 4) is 44.5 Å². The maximum Gasteiger partial charge on any atom is 0.0892 e. The van der Waals surface area contributed by atoms with Crippen molar-refractivity contribution < 1.29 is 0 Å². The van der Waals surface area contributed by atoms with Gasteiger partial charge in [-0.2, -0.15) is 0 Å². The van der Waals surface area contributed by atoms with Gasteiger partial charge in [0.25, 0.3) is 0 Å². The fourth-order valence-electron chi connectivity index (χ4n) is 9.75. The van der Waals surface area contributed by atoms with Crippen molar-refractivity contribution in [1.29, 1.82) is 5.41 Å². The molecule has 3 atom stereocenters. The monoisotopic (exact) mass is 678 g/mol. The molecule has 0 radical (unpaired) electrons. The molecule has 53 heavy (non-hydrogen) atoms. The highest BCUT2D eigenvalue weighted by atomic mass is 14.7. The van der Waals surface area contributed by atoms with Gasteiger partial charge in [-0.3, -0.25) is 5.41 Å². The van der Waals surface area contributed by atoms with Gasteiger partial charge in [0, 0.05) is 11.3 Å². The van der Waals surface area contributed by atoms with Crippen LogP contribution in [-0.4, -0.2) is 10.7 Å². The second-order valence-corrected chi connectivity index (χ2v) is 14.5. The van der Waals surface area contributed by atoms with Crippen LogP contribution >= 0.6 is 0 Å². The maximum atomic E-state index is 8.68. The third kappa shape index (κ3) is 4.72. The Morgan fingerprint density at radius 1 is 0.660 bits per heavy atom. The molecular formula is C51H38N2. The van der Waals surface area contributed by atoms with E-state index in [1.807, 2.05) is 12.1 Å². The van der Waals surface area contributed by atoms with Gasteiger partial charge in [-0.1, -0.05) is 152 Å². The fourth-order valence-corrected chi connectivity index (χ4v) is 9.75. The minimum atomic E-state index is -0.201. The van der Waals surface area contributed by atoms with E-state index in [4.69, 9.17) is 10.4 Å². The number of pyridine rings is 1. The summed E-state index contributed by atoms with van der Waals surface area (Å²) in [6.07, 6.45) is 12.5. The van der Waals surface area contributed by atoms with Gasteiger partial charge in [0.05, 0.1) is 22.3 Å². The quantitative estimate of drug-likeness (QED) is 0.106. The Labute approximate surface area is 311 Å². The molecule has 6 aromatic carbocycles. The summed E-state index contributed by atoms with van der Waals surface area (Å²) in [4.78, 5) is 4.94. The molecule has 1 heterocycles. The Morgan fingerprint density at radius 3 is 2.26 bits per heavy atom. The Balaban J connectivity index is 1.13. The van der Waals surface area contributed by atoms with Crippen LogP contribution in [0.5, 0.6) is 0 Å². The second-order valence-electron chi connectivity index (χ2n) is 14.5. The smallest absolute Gasteiger partial charge is 0.0892 e. The highest BCUT2D eigenvalue weighted by molar-refractivity contribution is 6.09. The first-order valence-electron chi connectivity index (χ1n) is 18.7. The molecule has 1 aromatic heterocycles. The average Bonchev–Trinajstić information content (AvgIpc) is 3.70. The largest absolute Gasteiger partial charge is 0.299 e. The molecule has 0 saturated carbocycles. The third-order valence-corrected chi connectivity index (χ3v) is 11.9. The molecule has 1 spiro atoms. The number of rotatable bonds is 6. The summed E-state index contributed by atoms with van der Waals surface area (Å²) >= 11 is 0. The molecule has 2 nitrogen and oxygen atoms in total. The highest BCUT2D eigenvalue weighted by Crippen LogP contribution is 2.66. The minimum absolute atomic E-state index is 0.201. The van der Waals surface area contributed by atoms with Gasteiger partial charge in [-0.15, -0.1) is 0 Å². The normalized spacial score (nSPS) is 19.2. The van der Waals surface area contributed by atoms with Crippen LogP contribution in [0.1, 0.15) is 46.7 Å². The molecule has 3 aliphatic rings. The van der Waals surface area contributed by atoms with Crippen molar-refractivity contribution in [3.63, 3.8) is 0 Å². The van der Waals surface area contributed by atoms with Gasteiger partial charge < -0.3 is 0 Å². The van der Waals surface area contributed by atoms with Gasteiger partial charge in [0.2, 0.25) is 0 Å². The zero-order valence-corrected chi connectivity index (χ0v) is 29.5. The minimum Gasteiger partial charge on any atom is -0.299 e. The number of hydrogen-bond donors (Lipinski definition) is 1. The second kappa shape index (κ2) is 12.4. The van der Waals surface area contributed by atoms with Gasteiger partial charge in [0.1, 0.15) is 0 Å². The lowest BCUT2D eigenvalue weighted by molar-refractivity contribution is 0.399. The number of nitrogens with zero attached hydrogens (tertiary/aromatic N) is 1. The number of benzene rings is 6. The maximum absolute atomic E-state index is 8.68. The molecule has 10 rings (SSSR count). The molecule has 3 aliphatic carbocycles. The number of allylic oxidation sites excluding steroid dienone is 5. The topological polar surface area (TPSA) is 36.7 Å². The molecule has 3 unspecified atom stereocenters. The van der Waals surface area contributed by atoms with Crippen LogP contribution in [0, 0.1) is 11.3 Å². The zero-order chi connectivity index (χ0) is 35.5. The molecule has 0 fully saturated rings. The summed E-state index contributed by atoms with van der Waals surface area (Å²) < 4.78 is 0. The number of hydrogen-bond acceptors (Lipinski definition) is 2.